The van der Waals surface area contributed by atoms with Crippen LogP contribution in [0.15, 0.2) is 12.1 Å². The minimum Gasteiger partial charge on any atom is -0.493 e. The maximum Gasteiger partial charge on any atom is 0.315 e. The van der Waals surface area contributed by atoms with E-state index in [-0.39, 0.29) is 30.4 Å². The lowest BCUT2D eigenvalue weighted by Crippen LogP contribution is -2.45. The van der Waals surface area contributed by atoms with Crippen molar-refractivity contribution in [3.63, 3.8) is 0 Å². The summed E-state index contributed by atoms with van der Waals surface area (Å²) in [6.45, 7) is 0.437. The Morgan fingerprint density at radius 2 is 2.11 bits per heavy atom. The number of hydrogen-bond donors (Lipinski definition) is 0. The van der Waals surface area contributed by atoms with Crippen LogP contribution in [0.5, 0.6) is 11.5 Å². The molecule has 0 saturated carbocycles. The quantitative estimate of drug-likeness (QED) is 0.602. The molecule has 1 aromatic carbocycles. The first-order chi connectivity index (χ1) is 9.07. The largest absolute Gasteiger partial charge is 0.493 e. The van der Waals surface area contributed by atoms with Crippen LogP contribution in [0.2, 0.25) is 0 Å². The summed E-state index contributed by atoms with van der Waals surface area (Å²) >= 11 is 0. The average Bonchev–Trinajstić information content (AvgIpc) is 2.36. The number of hydrogen-bond acceptors (Lipinski definition) is 6. The zero-order valence-electron chi connectivity index (χ0n) is 10.5. The van der Waals surface area contributed by atoms with E-state index >= 15 is 0 Å². The van der Waals surface area contributed by atoms with Gasteiger partial charge in [-0.2, -0.15) is 5.26 Å². The molecule has 0 amide bonds. The average molecular weight is 264 g/mol. The van der Waals surface area contributed by atoms with Gasteiger partial charge in [0.1, 0.15) is 5.41 Å². The Balaban J connectivity index is 2.62. The lowest BCUT2D eigenvalue weighted by molar-refractivity contribution is -0.385. The molecule has 1 aliphatic rings. The Labute approximate surface area is 109 Å². The van der Waals surface area contributed by atoms with Crippen molar-refractivity contribution in [3.05, 3.63) is 27.8 Å². The van der Waals surface area contributed by atoms with E-state index < -0.39 is 10.3 Å². The molecule has 1 saturated heterocycles. The highest BCUT2D eigenvalue weighted by molar-refractivity contribution is 5.60. The van der Waals surface area contributed by atoms with E-state index in [1.165, 1.54) is 20.3 Å². The summed E-state index contributed by atoms with van der Waals surface area (Å²) in [4.78, 5) is 10.5. The zero-order chi connectivity index (χ0) is 14.0. The minimum absolute atomic E-state index is 0.0459. The Bertz CT molecular complexity index is 560. The monoisotopic (exact) mass is 264 g/mol. The molecule has 0 N–H and O–H groups in total. The zero-order valence-corrected chi connectivity index (χ0v) is 10.5. The molecule has 0 spiro atoms. The van der Waals surface area contributed by atoms with Gasteiger partial charge in [-0.3, -0.25) is 10.1 Å². The lowest BCUT2D eigenvalue weighted by Gasteiger charge is -2.35. The van der Waals surface area contributed by atoms with Gasteiger partial charge in [0.15, 0.2) is 5.75 Å². The molecule has 19 heavy (non-hydrogen) atoms. The van der Waals surface area contributed by atoms with Gasteiger partial charge in [-0.1, -0.05) is 0 Å². The van der Waals surface area contributed by atoms with Crippen LogP contribution >= 0.6 is 0 Å². The summed E-state index contributed by atoms with van der Waals surface area (Å²) < 4.78 is 15.1. The van der Waals surface area contributed by atoms with Gasteiger partial charge in [-0.15, -0.1) is 0 Å². The first-order valence-corrected chi connectivity index (χ1v) is 5.48. The second kappa shape index (κ2) is 4.74. The topological polar surface area (TPSA) is 94.6 Å². The van der Waals surface area contributed by atoms with Gasteiger partial charge in [0.05, 0.1) is 38.4 Å². The van der Waals surface area contributed by atoms with Crippen LogP contribution in [0.4, 0.5) is 5.69 Å². The predicted octanol–water partition coefficient (Wildman–Crippen LogP) is 1.40. The van der Waals surface area contributed by atoms with Crippen molar-refractivity contribution in [2.45, 2.75) is 5.41 Å². The van der Waals surface area contributed by atoms with Gasteiger partial charge in [-0.05, 0) is 11.6 Å². The molecular formula is C12H12N2O5. The van der Waals surface area contributed by atoms with E-state index in [1.54, 1.807) is 6.07 Å². The fourth-order valence-corrected chi connectivity index (χ4v) is 1.96. The number of nitriles is 1. The van der Waals surface area contributed by atoms with Crippen molar-refractivity contribution in [1.29, 1.82) is 5.26 Å². The molecule has 1 aliphatic heterocycles. The number of ether oxygens (including phenoxy) is 3. The molecule has 2 rings (SSSR count). The van der Waals surface area contributed by atoms with Crippen molar-refractivity contribution < 1.29 is 19.1 Å². The third-order valence-corrected chi connectivity index (χ3v) is 3.12. The van der Waals surface area contributed by atoms with Crippen LogP contribution in [-0.2, 0) is 10.2 Å². The number of nitro groups is 1. The normalized spacial score (nSPS) is 16.1. The lowest BCUT2D eigenvalue weighted by atomic mass is 9.80. The SMILES string of the molecule is COc1cc(C2(C#N)COC2)cc([N+](=O)[O-])c1OC. The van der Waals surface area contributed by atoms with Gasteiger partial charge in [0.25, 0.3) is 0 Å². The first-order valence-electron chi connectivity index (χ1n) is 5.48. The van der Waals surface area contributed by atoms with Crippen LogP contribution in [-0.4, -0.2) is 32.4 Å². The number of nitro benzene ring substituents is 1. The third kappa shape index (κ3) is 1.96. The van der Waals surface area contributed by atoms with E-state index in [1.807, 2.05) is 0 Å². The van der Waals surface area contributed by atoms with Crippen molar-refractivity contribution in [2.24, 2.45) is 0 Å². The van der Waals surface area contributed by atoms with Crippen molar-refractivity contribution in [3.8, 4) is 17.6 Å². The van der Waals surface area contributed by atoms with E-state index in [9.17, 15) is 15.4 Å². The Morgan fingerprint density at radius 1 is 1.42 bits per heavy atom. The molecule has 0 radical (unpaired) electrons. The maximum absolute atomic E-state index is 11.1. The molecule has 0 bridgehead atoms. The fraction of sp³-hybridized carbons (Fsp3) is 0.417. The van der Waals surface area contributed by atoms with Gasteiger partial charge < -0.3 is 14.2 Å². The maximum atomic E-state index is 11.1. The smallest absolute Gasteiger partial charge is 0.315 e. The standard InChI is InChI=1S/C12H12N2O5/c1-17-10-4-8(12(5-13)6-19-7-12)3-9(14(15)16)11(10)18-2/h3-4H,6-7H2,1-2H3. The van der Waals surface area contributed by atoms with E-state index in [0.29, 0.717) is 5.56 Å². The summed E-state index contributed by atoms with van der Waals surface area (Å²) in [6, 6.07) is 5.06. The first kappa shape index (κ1) is 13.1. The molecule has 1 heterocycles. The highest BCUT2D eigenvalue weighted by atomic mass is 16.6. The Hall–Kier alpha value is -2.33. The highest BCUT2D eigenvalue weighted by Crippen LogP contribution is 2.43. The molecule has 1 aromatic rings. The van der Waals surface area contributed by atoms with Crippen molar-refractivity contribution in [1.82, 2.24) is 0 Å². The van der Waals surface area contributed by atoms with Crippen LogP contribution in [0.1, 0.15) is 5.56 Å². The summed E-state index contributed by atoms with van der Waals surface area (Å²) in [7, 11) is 2.72. The number of methoxy groups -OCH3 is 2. The molecule has 1 fully saturated rings. The molecule has 0 aromatic heterocycles. The molecule has 0 aliphatic carbocycles. The highest BCUT2D eigenvalue weighted by Gasteiger charge is 2.43. The molecule has 7 nitrogen and oxygen atoms in total. The molecule has 100 valence electrons. The van der Waals surface area contributed by atoms with E-state index in [4.69, 9.17) is 14.2 Å². The summed E-state index contributed by atoms with van der Waals surface area (Å²) in [5.41, 5.74) is -0.561. The number of benzene rings is 1. The molecule has 0 atom stereocenters. The van der Waals surface area contributed by atoms with Crippen molar-refractivity contribution in [2.75, 3.05) is 27.4 Å². The summed E-state index contributed by atoms with van der Waals surface area (Å²) in [6.07, 6.45) is 0. The van der Waals surface area contributed by atoms with E-state index in [0.717, 1.165) is 0 Å². The molecule has 7 heteroatoms. The second-order valence-corrected chi connectivity index (χ2v) is 4.17. The van der Waals surface area contributed by atoms with Crippen LogP contribution < -0.4 is 9.47 Å². The molecule has 0 unspecified atom stereocenters. The summed E-state index contributed by atoms with van der Waals surface area (Å²) in [5.74, 6) is 0.276. The predicted molar refractivity (Wildman–Crippen MR) is 64.3 cm³/mol. The number of rotatable bonds is 4. The van der Waals surface area contributed by atoms with Crippen LogP contribution in [0.25, 0.3) is 0 Å². The summed E-state index contributed by atoms with van der Waals surface area (Å²) in [5, 5.41) is 20.3. The Kier molecular flexibility index (Phi) is 3.27. The van der Waals surface area contributed by atoms with E-state index in [2.05, 4.69) is 6.07 Å². The van der Waals surface area contributed by atoms with Gasteiger partial charge in [-0.25, -0.2) is 0 Å². The Morgan fingerprint density at radius 3 is 2.47 bits per heavy atom. The van der Waals surface area contributed by atoms with Crippen LogP contribution in [0.3, 0.4) is 0 Å². The second-order valence-electron chi connectivity index (χ2n) is 4.17. The molecular weight excluding hydrogens is 252 g/mol. The van der Waals surface area contributed by atoms with Gasteiger partial charge in [0, 0.05) is 6.07 Å². The van der Waals surface area contributed by atoms with Gasteiger partial charge >= 0.3 is 5.69 Å². The van der Waals surface area contributed by atoms with Crippen molar-refractivity contribution >= 4 is 5.69 Å². The third-order valence-electron chi connectivity index (χ3n) is 3.12. The van der Waals surface area contributed by atoms with Crippen LogP contribution in [0, 0.1) is 21.4 Å². The minimum atomic E-state index is -0.843. The van der Waals surface area contributed by atoms with Gasteiger partial charge in [0.2, 0.25) is 5.75 Å². The number of nitrogens with zero attached hydrogens (tertiary/aromatic N) is 2. The fourth-order valence-electron chi connectivity index (χ4n) is 1.96.